The third kappa shape index (κ3) is 3.64. The molecule has 0 spiro atoms. The van der Waals surface area contributed by atoms with E-state index in [-0.39, 0.29) is 12.1 Å². The highest BCUT2D eigenvalue weighted by Crippen LogP contribution is 2.34. The summed E-state index contributed by atoms with van der Waals surface area (Å²) < 4.78 is 12.2. The summed E-state index contributed by atoms with van der Waals surface area (Å²) in [5, 5.41) is 0. The van der Waals surface area contributed by atoms with E-state index in [1.54, 1.807) is 0 Å². The number of aryl methyl sites for hydroxylation is 1. The number of ether oxygens (including phenoxy) is 1. The lowest BCUT2D eigenvalue weighted by Gasteiger charge is -2.35. The van der Waals surface area contributed by atoms with Crippen LogP contribution in [0.15, 0.2) is 16.5 Å². The molecule has 0 amide bonds. The lowest BCUT2D eigenvalue weighted by atomic mass is 9.84. The fraction of sp³-hybridized carbons (Fsp3) is 0.765. The van der Waals surface area contributed by atoms with Crippen LogP contribution in [0, 0.1) is 12.8 Å². The summed E-state index contributed by atoms with van der Waals surface area (Å²) in [6.07, 6.45) is 7.36. The summed E-state index contributed by atoms with van der Waals surface area (Å²) in [6, 6.07) is 4.01. The van der Waals surface area contributed by atoms with Gasteiger partial charge in [0.1, 0.15) is 17.6 Å². The van der Waals surface area contributed by atoms with E-state index in [1.165, 1.54) is 25.7 Å². The maximum absolute atomic E-state index is 6.43. The number of nitrogens with two attached hydrogens (primary N) is 1. The van der Waals surface area contributed by atoms with E-state index >= 15 is 0 Å². The molecule has 4 unspecified atom stereocenters. The van der Waals surface area contributed by atoms with E-state index in [4.69, 9.17) is 14.9 Å². The van der Waals surface area contributed by atoms with Gasteiger partial charge in [0.05, 0.1) is 6.10 Å². The second-order valence-corrected chi connectivity index (χ2v) is 6.07. The molecule has 0 radical (unpaired) electrons. The molecule has 2 N–H and O–H groups in total. The van der Waals surface area contributed by atoms with Gasteiger partial charge in [0, 0.05) is 6.04 Å². The Hall–Kier alpha value is -0.800. The molecule has 3 heteroatoms. The van der Waals surface area contributed by atoms with Crippen LogP contribution in [0.4, 0.5) is 0 Å². The van der Waals surface area contributed by atoms with Gasteiger partial charge in [-0.1, -0.05) is 33.1 Å². The summed E-state index contributed by atoms with van der Waals surface area (Å²) in [4.78, 5) is 0. The Balaban J connectivity index is 2.11. The van der Waals surface area contributed by atoms with Crippen molar-refractivity contribution in [3.05, 3.63) is 23.7 Å². The molecule has 4 atom stereocenters. The minimum absolute atomic E-state index is 0.0000161. The van der Waals surface area contributed by atoms with Gasteiger partial charge >= 0.3 is 0 Å². The number of furan rings is 1. The molecule has 1 saturated carbocycles. The molecule has 1 fully saturated rings. The Kier molecular flexibility index (Phi) is 5.67. The zero-order valence-corrected chi connectivity index (χ0v) is 13.1. The number of hydrogen-bond donors (Lipinski definition) is 1. The van der Waals surface area contributed by atoms with Crippen LogP contribution >= 0.6 is 0 Å². The van der Waals surface area contributed by atoms with Crippen molar-refractivity contribution in [2.45, 2.75) is 77.5 Å². The fourth-order valence-electron chi connectivity index (χ4n) is 3.21. The minimum Gasteiger partial charge on any atom is -0.464 e. The van der Waals surface area contributed by atoms with Gasteiger partial charge in [-0.25, -0.2) is 0 Å². The van der Waals surface area contributed by atoms with Crippen LogP contribution in [0.2, 0.25) is 0 Å². The quantitative estimate of drug-likeness (QED) is 0.842. The van der Waals surface area contributed by atoms with Crippen molar-refractivity contribution in [3.63, 3.8) is 0 Å². The summed E-state index contributed by atoms with van der Waals surface area (Å²) in [7, 11) is 0. The van der Waals surface area contributed by atoms with Gasteiger partial charge in [0.2, 0.25) is 0 Å². The van der Waals surface area contributed by atoms with Crippen LogP contribution in [-0.2, 0) is 4.74 Å². The third-order valence-corrected chi connectivity index (χ3v) is 4.59. The van der Waals surface area contributed by atoms with Crippen molar-refractivity contribution in [2.75, 3.05) is 0 Å². The second-order valence-electron chi connectivity index (χ2n) is 6.07. The molecule has 114 valence electrons. The monoisotopic (exact) mass is 279 g/mol. The predicted octanol–water partition coefficient (Wildman–Crippen LogP) is 4.35. The average molecular weight is 279 g/mol. The van der Waals surface area contributed by atoms with Gasteiger partial charge < -0.3 is 14.9 Å². The molecule has 20 heavy (non-hydrogen) atoms. The molecule has 0 bridgehead atoms. The standard InChI is InChI=1S/C17H29NO2/c1-4-13-8-6-7-9-15(13)20-17(14(18)5-2)16-11-10-12(3)19-16/h10-11,13-15,17H,4-9,18H2,1-3H3. The normalized spacial score (nSPS) is 26.4. The second kappa shape index (κ2) is 7.28. The van der Waals surface area contributed by atoms with E-state index in [2.05, 4.69) is 13.8 Å². The van der Waals surface area contributed by atoms with Gasteiger partial charge in [0.25, 0.3) is 0 Å². The molecule has 0 aromatic carbocycles. The van der Waals surface area contributed by atoms with Crippen LogP contribution in [-0.4, -0.2) is 12.1 Å². The summed E-state index contributed by atoms with van der Waals surface area (Å²) >= 11 is 0. The van der Waals surface area contributed by atoms with Crippen molar-refractivity contribution in [3.8, 4) is 0 Å². The highest BCUT2D eigenvalue weighted by atomic mass is 16.5. The van der Waals surface area contributed by atoms with Gasteiger partial charge in [0.15, 0.2) is 0 Å². The highest BCUT2D eigenvalue weighted by Gasteiger charge is 2.31. The average Bonchev–Trinajstić information content (AvgIpc) is 2.90. The Morgan fingerprint density at radius 1 is 1.30 bits per heavy atom. The molecule has 2 rings (SSSR count). The number of hydrogen-bond acceptors (Lipinski definition) is 3. The van der Waals surface area contributed by atoms with Gasteiger partial charge in [-0.3, -0.25) is 0 Å². The summed E-state index contributed by atoms with van der Waals surface area (Å²) in [6.45, 7) is 6.33. The van der Waals surface area contributed by atoms with Gasteiger partial charge in [-0.05, 0) is 44.2 Å². The first-order valence-corrected chi connectivity index (χ1v) is 8.13. The molecule has 1 aromatic rings. The molecule has 1 aromatic heterocycles. The Labute approximate surface area is 122 Å². The van der Waals surface area contributed by atoms with Crippen LogP contribution in [0.25, 0.3) is 0 Å². The van der Waals surface area contributed by atoms with Gasteiger partial charge in [-0.15, -0.1) is 0 Å². The fourth-order valence-corrected chi connectivity index (χ4v) is 3.21. The molecule has 0 saturated heterocycles. The highest BCUT2D eigenvalue weighted by molar-refractivity contribution is 5.10. The molecular weight excluding hydrogens is 250 g/mol. The lowest BCUT2D eigenvalue weighted by Crippen LogP contribution is -2.36. The van der Waals surface area contributed by atoms with E-state index < -0.39 is 0 Å². The first kappa shape index (κ1) is 15.6. The van der Waals surface area contributed by atoms with Crippen LogP contribution in [0.3, 0.4) is 0 Å². The smallest absolute Gasteiger partial charge is 0.134 e. The Morgan fingerprint density at radius 3 is 2.65 bits per heavy atom. The van der Waals surface area contributed by atoms with Crippen LogP contribution in [0.5, 0.6) is 0 Å². The maximum Gasteiger partial charge on any atom is 0.134 e. The third-order valence-electron chi connectivity index (χ3n) is 4.59. The van der Waals surface area contributed by atoms with E-state index in [0.29, 0.717) is 12.0 Å². The summed E-state index contributed by atoms with van der Waals surface area (Å²) in [5.74, 6) is 2.48. The first-order chi connectivity index (χ1) is 9.65. The molecular formula is C17H29NO2. The van der Waals surface area contributed by atoms with Crippen molar-refractivity contribution in [2.24, 2.45) is 11.7 Å². The SMILES string of the molecule is CCC(N)C(OC1CCCCC1CC)c1ccc(C)o1. The van der Waals surface area contributed by atoms with Crippen molar-refractivity contribution in [1.29, 1.82) is 0 Å². The molecule has 1 heterocycles. The largest absolute Gasteiger partial charge is 0.464 e. The molecule has 1 aliphatic carbocycles. The summed E-state index contributed by atoms with van der Waals surface area (Å²) in [5.41, 5.74) is 6.28. The molecule has 3 nitrogen and oxygen atoms in total. The zero-order valence-electron chi connectivity index (χ0n) is 13.1. The zero-order chi connectivity index (χ0) is 14.5. The van der Waals surface area contributed by atoms with Crippen molar-refractivity contribution in [1.82, 2.24) is 0 Å². The Morgan fingerprint density at radius 2 is 2.05 bits per heavy atom. The van der Waals surface area contributed by atoms with E-state index in [1.807, 2.05) is 19.1 Å². The van der Waals surface area contributed by atoms with Crippen LogP contribution < -0.4 is 5.73 Å². The topological polar surface area (TPSA) is 48.4 Å². The Bertz CT molecular complexity index is 401. The molecule has 1 aliphatic rings. The molecule has 0 aliphatic heterocycles. The maximum atomic E-state index is 6.43. The predicted molar refractivity (Wildman–Crippen MR) is 81.6 cm³/mol. The van der Waals surface area contributed by atoms with Gasteiger partial charge in [-0.2, -0.15) is 0 Å². The van der Waals surface area contributed by atoms with E-state index in [0.717, 1.165) is 24.4 Å². The first-order valence-electron chi connectivity index (χ1n) is 8.13. The minimum atomic E-state index is -0.106. The number of rotatable bonds is 6. The van der Waals surface area contributed by atoms with Crippen LogP contribution in [0.1, 0.15) is 70.0 Å². The lowest BCUT2D eigenvalue weighted by molar-refractivity contribution is -0.0803. The van der Waals surface area contributed by atoms with Crippen molar-refractivity contribution >= 4 is 0 Å². The van der Waals surface area contributed by atoms with E-state index in [9.17, 15) is 0 Å². The van der Waals surface area contributed by atoms with Crippen molar-refractivity contribution < 1.29 is 9.15 Å².